The highest BCUT2D eigenvalue weighted by Crippen LogP contribution is 2.27. The third kappa shape index (κ3) is 2.88. The number of halogens is 1. The van der Waals surface area contributed by atoms with Crippen molar-refractivity contribution in [1.82, 2.24) is 4.98 Å². The third-order valence-corrected chi connectivity index (χ3v) is 3.07. The van der Waals surface area contributed by atoms with Crippen LogP contribution in [0.1, 0.15) is 18.2 Å². The van der Waals surface area contributed by atoms with Crippen molar-refractivity contribution in [2.24, 2.45) is 0 Å². The molecule has 0 N–H and O–H groups in total. The molecule has 0 saturated carbocycles. The number of benzene rings is 1. The fourth-order valence-corrected chi connectivity index (χ4v) is 2.07. The lowest BCUT2D eigenvalue weighted by Crippen LogP contribution is -2.10. The number of carbonyl (C=O) groups excluding carboxylic acids is 2. The molecule has 0 amide bonds. The van der Waals surface area contributed by atoms with Crippen LogP contribution in [0.15, 0.2) is 22.6 Å². The molecule has 18 heavy (non-hydrogen) atoms. The Morgan fingerprint density at radius 3 is 2.72 bits per heavy atom. The highest BCUT2D eigenvalue weighted by Gasteiger charge is 2.25. The zero-order chi connectivity index (χ0) is 13.3. The maximum atomic E-state index is 11.4. The predicted octanol–water partition coefficient (Wildman–Crippen LogP) is 2.87. The highest BCUT2D eigenvalue weighted by atomic mass is 35.5. The SMILES string of the molecule is O=C(S)CC(C(=O)S)c1nc2ccc(Cl)cc2o1. The average molecular weight is 302 g/mol. The van der Waals surface area contributed by atoms with E-state index in [0.29, 0.717) is 16.1 Å². The Morgan fingerprint density at radius 2 is 2.11 bits per heavy atom. The molecule has 1 aromatic heterocycles. The molecule has 0 saturated heterocycles. The van der Waals surface area contributed by atoms with Gasteiger partial charge >= 0.3 is 0 Å². The summed E-state index contributed by atoms with van der Waals surface area (Å²) in [6, 6.07) is 4.93. The van der Waals surface area contributed by atoms with Gasteiger partial charge in [0.25, 0.3) is 0 Å². The van der Waals surface area contributed by atoms with Crippen LogP contribution in [-0.2, 0) is 9.59 Å². The number of fused-ring (bicyclic) bond motifs is 1. The van der Waals surface area contributed by atoms with Crippen LogP contribution in [0.2, 0.25) is 5.02 Å². The molecule has 0 radical (unpaired) electrons. The van der Waals surface area contributed by atoms with Crippen molar-refractivity contribution in [3.8, 4) is 0 Å². The smallest absolute Gasteiger partial charge is 0.207 e. The molecule has 0 fully saturated rings. The Morgan fingerprint density at radius 1 is 1.39 bits per heavy atom. The predicted molar refractivity (Wildman–Crippen MR) is 74.4 cm³/mol. The summed E-state index contributed by atoms with van der Waals surface area (Å²) >= 11 is 13.2. The summed E-state index contributed by atoms with van der Waals surface area (Å²) in [5, 5.41) is -0.415. The Kier molecular flexibility index (Phi) is 3.99. The number of oxazole rings is 1. The van der Waals surface area contributed by atoms with Crippen LogP contribution >= 0.6 is 36.9 Å². The normalized spacial score (nSPS) is 12.6. The van der Waals surface area contributed by atoms with Gasteiger partial charge in [-0.25, -0.2) is 4.98 Å². The molecule has 0 aliphatic heterocycles. The van der Waals surface area contributed by atoms with Crippen molar-refractivity contribution in [3.63, 3.8) is 0 Å². The Labute approximate surface area is 119 Å². The molecule has 7 heteroatoms. The van der Waals surface area contributed by atoms with Crippen LogP contribution in [0, 0.1) is 0 Å². The number of carbonyl (C=O) groups is 2. The molecule has 1 heterocycles. The molecule has 0 spiro atoms. The van der Waals surface area contributed by atoms with Gasteiger partial charge in [-0.2, -0.15) is 0 Å². The van der Waals surface area contributed by atoms with Gasteiger partial charge in [-0.05, 0) is 12.1 Å². The van der Waals surface area contributed by atoms with Gasteiger partial charge in [0.15, 0.2) is 15.8 Å². The van der Waals surface area contributed by atoms with Gasteiger partial charge in [0.05, 0.1) is 0 Å². The molecule has 1 atom stereocenters. The Balaban J connectivity index is 2.44. The van der Waals surface area contributed by atoms with Gasteiger partial charge in [-0.15, -0.1) is 25.3 Å². The lowest BCUT2D eigenvalue weighted by Gasteiger charge is -2.05. The zero-order valence-electron chi connectivity index (χ0n) is 8.96. The van der Waals surface area contributed by atoms with Gasteiger partial charge in [-0.1, -0.05) is 11.6 Å². The van der Waals surface area contributed by atoms with Crippen molar-refractivity contribution >= 4 is 58.2 Å². The van der Waals surface area contributed by atoms with Crippen molar-refractivity contribution in [2.75, 3.05) is 0 Å². The molecular formula is C11H8ClNO3S2. The molecule has 0 bridgehead atoms. The average Bonchev–Trinajstić information content (AvgIpc) is 2.67. The standard InChI is InChI=1S/C11H8ClNO3S2/c12-5-1-2-7-8(3-5)16-10(13-7)6(11(15)18)4-9(14)17/h1-3,6H,4H2,(H,14,17)(H,15,18). The Hall–Kier alpha value is -0.980. The minimum absolute atomic E-state index is 0.105. The second-order valence-electron chi connectivity index (χ2n) is 3.65. The van der Waals surface area contributed by atoms with E-state index < -0.39 is 16.1 Å². The largest absolute Gasteiger partial charge is 0.440 e. The molecular weight excluding hydrogens is 294 g/mol. The van der Waals surface area contributed by atoms with E-state index in [-0.39, 0.29) is 12.3 Å². The van der Waals surface area contributed by atoms with E-state index in [1.54, 1.807) is 18.2 Å². The Bertz CT molecular complexity index is 626. The van der Waals surface area contributed by atoms with Gasteiger partial charge in [0.1, 0.15) is 11.4 Å². The monoisotopic (exact) mass is 301 g/mol. The number of aromatic nitrogens is 1. The molecule has 0 aliphatic carbocycles. The van der Waals surface area contributed by atoms with Crippen LogP contribution in [0.5, 0.6) is 0 Å². The summed E-state index contributed by atoms with van der Waals surface area (Å²) in [5.41, 5.74) is 1.03. The van der Waals surface area contributed by atoms with Crippen LogP contribution in [0.25, 0.3) is 11.1 Å². The molecule has 2 aromatic rings. The van der Waals surface area contributed by atoms with E-state index in [2.05, 4.69) is 30.2 Å². The number of hydrogen-bond acceptors (Lipinski definition) is 4. The fraction of sp³-hybridized carbons (Fsp3) is 0.182. The van der Waals surface area contributed by atoms with Crippen molar-refractivity contribution in [2.45, 2.75) is 12.3 Å². The minimum atomic E-state index is -0.829. The molecule has 4 nitrogen and oxygen atoms in total. The summed E-state index contributed by atoms with van der Waals surface area (Å²) in [5.74, 6) is -0.681. The number of rotatable bonds is 4. The second kappa shape index (κ2) is 5.34. The van der Waals surface area contributed by atoms with E-state index in [0.717, 1.165) is 0 Å². The first-order chi connectivity index (χ1) is 8.47. The third-order valence-electron chi connectivity index (χ3n) is 2.34. The van der Waals surface area contributed by atoms with Gasteiger partial charge < -0.3 is 4.42 Å². The number of thiol groups is 2. The summed E-state index contributed by atoms with van der Waals surface area (Å²) in [7, 11) is 0. The lowest BCUT2D eigenvalue weighted by atomic mass is 10.1. The quantitative estimate of drug-likeness (QED) is 0.853. The molecule has 1 aromatic carbocycles. The lowest BCUT2D eigenvalue weighted by molar-refractivity contribution is -0.117. The van der Waals surface area contributed by atoms with Crippen molar-refractivity contribution in [1.29, 1.82) is 0 Å². The fourth-order valence-electron chi connectivity index (χ4n) is 1.52. The minimum Gasteiger partial charge on any atom is -0.440 e. The first kappa shape index (κ1) is 13.5. The summed E-state index contributed by atoms with van der Waals surface area (Å²) < 4.78 is 5.42. The van der Waals surface area contributed by atoms with E-state index >= 15 is 0 Å². The summed E-state index contributed by atoms with van der Waals surface area (Å²) in [6.45, 7) is 0. The van der Waals surface area contributed by atoms with Crippen LogP contribution < -0.4 is 0 Å². The van der Waals surface area contributed by atoms with E-state index in [9.17, 15) is 9.59 Å². The molecule has 1 unspecified atom stereocenters. The number of hydrogen-bond donors (Lipinski definition) is 2. The van der Waals surface area contributed by atoms with E-state index in [1.807, 2.05) is 0 Å². The van der Waals surface area contributed by atoms with Gasteiger partial charge in [0.2, 0.25) is 5.89 Å². The zero-order valence-corrected chi connectivity index (χ0v) is 11.5. The van der Waals surface area contributed by atoms with E-state index in [1.165, 1.54) is 0 Å². The second-order valence-corrected chi connectivity index (χ2v) is 5.03. The maximum Gasteiger partial charge on any atom is 0.207 e. The summed E-state index contributed by atoms with van der Waals surface area (Å²) in [4.78, 5) is 26.5. The van der Waals surface area contributed by atoms with E-state index in [4.69, 9.17) is 16.0 Å². The molecule has 0 aliphatic rings. The summed E-state index contributed by atoms with van der Waals surface area (Å²) in [6.07, 6.45) is -0.105. The van der Waals surface area contributed by atoms with Crippen LogP contribution in [0.3, 0.4) is 0 Å². The van der Waals surface area contributed by atoms with Crippen molar-refractivity contribution < 1.29 is 14.0 Å². The van der Waals surface area contributed by atoms with Crippen molar-refractivity contribution in [3.05, 3.63) is 29.1 Å². The van der Waals surface area contributed by atoms with Gasteiger partial charge in [0, 0.05) is 17.5 Å². The van der Waals surface area contributed by atoms with Crippen LogP contribution in [-0.4, -0.2) is 15.2 Å². The van der Waals surface area contributed by atoms with Crippen LogP contribution in [0.4, 0.5) is 0 Å². The maximum absolute atomic E-state index is 11.4. The first-order valence-electron chi connectivity index (χ1n) is 4.98. The molecule has 2 rings (SSSR count). The highest BCUT2D eigenvalue weighted by molar-refractivity contribution is 7.97. The molecule has 94 valence electrons. The number of nitrogens with zero attached hydrogens (tertiary/aromatic N) is 1. The topological polar surface area (TPSA) is 60.2 Å². The first-order valence-corrected chi connectivity index (χ1v) is 6.25. The van der Waals surface area contributed by atoms with Gasteiger partial charge in [-0.3, -0.25) is 9.59 Å².